The van der Waals surface area contributed by atoms with Crippen LogP contribution in [0.2, 0.25) is 0 Å². The molecule has 2 rings (SSSR count). The predicted octanol–water partition coefficient (Wildman–Crippen LogP) is 2.11. The van der Waals surface area contributed by atoms with E-state index in [1.807, 2.05) is 0 Å². The summed E-state index contributed by atoms with van der Waals surface area (Å²) < 4.78 is 4.85. The van der Waals surface area contributed by atoms with E-state index in [-0.39, 0.29) is 17.6 Å². The lowest BCUT2D eigenvalue weighted by Gasteiger charge is -2.02. The molecular formula is C15H18N4O3S. The number of anilines is 2. The van der Waals surface area contributed by atoms with Crippen LogP contribution in [0, 0.1) is 0 Å². The van der Waals surface area contributed by atoms with Gasteiger partial charge in [0.25, 0.3) is 0 Å². The first-order chi connectivity index (χ1) is 11.1. The number of esters is 1. The van der Waals surface area contributed by atoms with E-state index < -0.39 is 0 Å². The molecule has 2 heterocycles. The molecular weight excluding hydrogens is 316 g/mol. The fourth-order valence-corrected chi connectivity index (χ4v) is 2.73. The maximum atomic E-state index is 12.3. The van der Waals surface area contributed by atoms with Gasteiger partial charge < -0.3 is 15.8 Å². The van der Waals surface area contributed by atoms with Crippen LogP contribution in [0.15, 0.2) is 24.5 Å². The van der Waals surface area contributed by atoms with Crippen LogP contribution in [0.5, 0.6) is 0 Å². The number of ketones is 1. The van der Waals surface area contributed by atoms with Crippen LogP contribution in [-0.2, 0) is 9.53 Å². The fraction of sp³-hybridized carbons (Fsp3) is 0.333. The Labute approximate surface area is 137 Å². The third kappa shape index (κ3) is 4.75. The number of hydrogen-bond donors (Lipinski definition) is 2. The Hall–Kier alpha value is -2.48. The molecule has 0 spiro atoms. The second kappa shape index (κ2) is 8.23. The van der Waals surface area contributed by atoms with Crippen LogP contribution in [0.1, 0.15) is 35.0 Å². The molecule has 0 saturated carbocycles. The van der Waals surface area contributed by atoms with Crippen molar-refractivity contribution in [3.05, 3.63) is 35.0 Å². The van der Waals surface area contributed by atoms with Crippen LogP contribution in [0.4, 0.5) is 10.9 Å². The molecule has 0 amide bonds. The minimum absolute atomic E-state index is 0.191. The van der Waals surface area contributed by atoms with Gasteiger partial charge in [-0.15, -0.1) is 0 Å². The Kier molecular flexibility index (Phi) is 6.04. The van der Waals surface area contributed by atoms with Gasteiger partial charge in [-0.25, -0.2) is 4.98 Å². The number of thiazole rings is 1. The van der Waals surface area contributed by atoms with Crippen molar-refractivity contribution in [2.75, 3.05) is 24.2 Å². The van der Waals surface area contributed by atoms with E-state index in [9.17, 15) is 9.59 Å². The summed E-state index contributed by atoms with van der Waals surface area (Å²) in [5.74, 6) is -0.232. The molecule has 23 heavy (non-hydrogen) atoms. The molecule has 0 aliphatic rings. The van der Waals surface area contributed by atoms with Gasteiger partial charge in [0.2, 0.25) is 5.78 Å². The van der Waals surface area contributed by atoms with Gasteiger partial charge in [-0.05, 0) is 25.5 Å². The van der Waals surface area contributed by atoms with Crippen molar-refractivity contribution in [1.82, 2.24) is 9.97 Å². The van der Waals surface area contributed by atoms with E-state index in [2.05, 4.69) is 15.3 Å². The number of aromatic nitrogens is 2. The zero-order valence-electron chi connectivity index (χ0n) is 12.7. The number of hydrogen-bond acceptors (Lipinski definition) is 8. The number of rotatable bonds is 8. The highest BCUT2D eigenvalue weighted by molar-refractivity contribution is 7.18. The van der Waals surface area contributed by atoms with Gasteiger partial charge in [0, 0.05) is 30.9 Å². The molecule has 0 unspecified atom stereocenters. The van der Waals surface area contributed by atoms with Gasteiger partial charge >= 0.3 is 5.97 Å². The first-order valence-corrected chi connectivity index (χ1v) is 8.04. The van der Waals surface area contributed by atoms with Crippen molar-refractivity contribution in [2.24, 2.45) is 0 Å². The predicted molar refractivity (Wildman–Crippen MR) is 88.6 cm³/mol. The quantitative estimate of drug-likeness (QED) is 0.432. The van der Waals surface area contributed by atoms with E-state index in [0.29, 0.717) is 41.6 Å². The monoisotopic (exact) mass is 334 g/mol. The first-order valence-electron chi connectivity index (χ1n) is 7.22. The molecule has 0 radical (unpaired) electrons. The topological polar surface area (TPSA) is 107 Å². The van der Waals surface area contributed by atoms with Crippen molar-refractivity contribution < 1.29 is 14.3 Å². The third-order valence-corrected chi connectivity index (χ3v) is 3.95. The maximum absolute atomic E-state index is 12.3. The number of carbonyl (C=O) groups is 2. The van der Waals surface area contributed by atoms with Crippen LogP contribution in [0.3, 0.4) is 0 Å². The molecule has 0 bridgehead atoms. The molecule has 0 aliphatic carbocycles. The SMILES string of the molecule is CCOC(=O)CCCNc1nc(N)c(C(=O)c2cccnc2)s1. The molecule has 8 heteroatoms. The lowest BCUT2D eigenvalue weighted by Crippen LogP contribution is -2.08. The number of pyridine rings is 1. The van der Waals surface area contributed by atoms with Crippen LogP contribution in [0.25, 0.3) is 0 Å². The molecule has 2 aromatic heterocycles. The maximum Gasteiger partial charge on any atom is 0.305 e. The molecule has 122 valence electrons. The van der Waals surface area contributed by atoms with Crippen molar-refractivity contribution in [2.45, 2.75) is 19.8 Å². The largest absolute Gasteiger partial charge is 0.466 e. The van der Waals surface area contributed by atoms with Gasteiger partial charge in [-0.3, -0.25) is 14.6 Å². The minimum atomic E-state index is -0.222. The molecule has 2 aromatic rings. The van der Waals surface area contributed by atoms with E-state index >= 15 is 0 Å². The van der Waals surface area contributed by atoms with Crippen molar-refractivity contribution >= 4 is 34.0 Å². The molecule has 0 aromatic carbocycles. The van der Waals surface area contributed by atoms with E-state index in [0.717, 1.165) is 0 Å². The number of carbonyl (C=O) groups excluding carboxylic acids is 2. The summed E-state index contributed by atoms with van der Waals surface area (Å²) in [5, 5.41) is 3.62. The zero-order chi connectivity index (χ0) is 16.7. The van der Waals surface area contributed by atoms with Gasteiger partial charge in [0.1, 0.15) is 10.7 Å². The normalized spacial score (nSPS) is 10.3. The van der Waals surface area contributed by atoms with Crippen LogP contribution >= 0.6 is 11.3 Å². The summed E-state index contributed by atoms with van der Waals surface area (Å²) in [4.78, 5) is 32.0. The molecule has 0 saturated heterocycles. The standard InChI is InChI=1S/C15H18N4O3S/c1-2-22-11(20)6-4-8-18-15-19-14(16)13(23-15)12(21)10-5-3-7-17-9-10/h3,5,7,9H,2,4,6,8,16H2,1H3,(H,18,19). The Morgan fingerprint density at radius 3 is 2.96 bits per heavy atom. The zero-order valence-corrected chi connectivity index (χ0v) is 13.6. The lowest BCUT2D eigenvalue weighted by atomic mass is 10.2. The van der Waals surface area contributed by atoms with E-state index in [4.69, 9.17) is 10.5 Å². The second-order valence-corrected chi connectivity index (χ2v) is 5.64. The highest BCUT2D eigenvalue weighted by atomic mass is 32.1. The summed E-state index contributed by atoms with van der Waals surface area (Å²) in [5.41, 5.74) is 6.28. The van der Waals surface area contributed by atoms with Crippen LogP contribution < -0.4 is 11.1 Å². The summed E-state index contributed by atoms with van der Waals surface area (Å²) in [6, 6.07) is 3.37. The van der Waals surface area contributed by atoms with Gasteiger partial charge in [0.05, 0.1) is 6.61 Å². The molecule has 3 N–H and O–H groups in total. The fourth-order valence-electron chi connectivity index (χ4n) is 1.86. The summed E-state index contributed by atoms with van der Waals surface area (Å²) >= 11 is 1.19. The number of nitrogens with two attached hydrogens (primary N) is 1. The lowest BCUT2D eigenvalue weighted by molar-refractivity contribution is -0.143. The van der Waals surface area contributed by atoms with Gasteiger partial charge in [0.15, 0.2) is 5.13 Å². The second-order valence-electron chi connectivity index (χ2n) is 4.64. The molecule has 0 fully saturated rings. The summed E-state index contributed by atoms with van der Waals surface area (Å²) in [6.07, 6.45) is 4.05. The average Bonchev–Trinajstić information content (AvgIpc) is 2.93. The molecule has 7 nitrogen and oxygen atoms in total. The molecule has 0 aliphatic heterocycles. The van der Waals surface area contributed by atoms with Crippen molar-refractivity contribution in [1.29, 1.82) is 0 Å². The smallest absolute Gasteiger partial charge is 0.305 e. The Morgan fingerprint density at radius 2 is 2.26 bits per heavy atom. The molecule has 0 atom stereocenters. The van der Waals surface area contributed by atoms with Crippen molar-refractivity contribution in [3.63, 3.8) is 0 Å². The Bertz CT molecular complexity index is 673. The average molecular weight is 334 g/mol. The third-order valence-electron chi connectivity index (χ3n) is 2.92. The number of nitrogen functional groups attached to an aromatic ring is 1. The Morgan fingerprint density at radius 1 is 1.43 bits per heavy atom. The van der Waals surface area contributed by atoms with Crippen LogP contribution in [-0.4, -0.2) is 34.9 Å². The van der Waals surface area contributed by atoms with Crippen molar-refractivity contribution in [3.8, 4) is 0 Å². The minimum Gasteiger partial charge on any atom is -0.466 e. The number of ether oxygens (including phenoxy) is 1. The van der Waals surface area contributed by atoms with E-state index in [1.54, 1.807) is 25.3 Å². The van der Waals surface area contributed by atoms with E-state index in [1.165, 1.54) is 17.5 Å². The highest BCUT2D eigenvalue weighted by Gasteiger charge is 2.17. The number of nitrogens with zero attached hydrogens (tertiary/aromatic N) is 2. The number of nitrogens with one attached hydrogen (secondary N) is 1. The first kappa shape index (κ1) is 16.9. The highest BCUT2D eigenvalue weighted by Crippen LogP contribution is 2.27. The van der Waals surface area contributed by atoms with Gasteiger partial charge in [-0.2, -0.15) is 0 Å². The summed E-state index contributed by atoms with van der Waals surface area (Å²) in [7, 11) is 0. The Balaban J connectivity index is 1.91. The van der Waals surface area contributed by atoms with Gasteiger partial charge in [-0.1, -0.05) is 11.3 Å². The summed E-state index contributed by atoms with van der Waals surface area (Å²) in [6.45, 7) is 2.71.